The summed E-state index contributed by atoms with van der Waals surface area (Å²) in [6, 6.07) is 4.05. The molecule has 148 valence electrons. The summed E-state index contributed by atoms with van der Waals surface area (Å²) in [5.41, 5.74) is 0.703. The number of hydrogen-bond acceptors (Lipinski definition) is 3. The van der Waals surface area contributed by atoms with Crippen LogP contribution in [0.2, 0.25) is 0 Å². The minimum atomic E-state index is -0.820. The summed E-state index contributed by atoms with van der Waals surface area (Å²) in [5.74, 6) is -0.410. The number of amides is 2. The van der Waals surface area contributed by atoms with Crippen LogP contribution < -0.4 is 10.2 Å². The van der Waals surface area contributed by atoms with Crippen LogP contribution in [0.3, 0.4) is 0 Å². The van der Waals surface area contributed by atoms with Crippen molar-refractivity contribution in [1.29, 1.82) is 0 Å². The molecule has 1 aromatic carbocycles. The molecule has 7 heteroatoms. The van der Waals surface area contributed by atoms with Crippen molar-refractivity contribution in [3.8, 4) is 0 Å². The molecule has 5 nitrogen and oxygen atoms in total. The van der Waals surface area contributed by atoms with Crippen molar-refractivity contribution in [3.05, 3.63) is 29.8 Å². The summed E-state index contributed by atoms with van der Waals surface area (Å²) in [6.07, 6.45) is 3.67. The highest BCUT2D eigenvalue weighted by Crippen LogP contribution is 2.30. The summed E-state index contributed by atoms with van der Waals surface area (Å²) in [6.45, 7) is 6.90. The Labute approximate surface area is 159 Å². The third kappa shape index (κ3) is 4.69. The highest BCUT2D eigenvalue weighted by atomic mass is 19.2. The first-order valence-electron chi connectivity index (χ1n) is 10.0. The van der Waals surface area contributed by atoms with Crippen molar-refractivity contribution in [3.63, 3.8) is 0 Å². The van der Waals surface area contributed by atoms with Gasteiger partial charge in [-0.05, 0) is 43.2 Å². The van der Waals surface area contributed by atoms with Crippen molar-refractivity contribution in [2.24, 2.45) is 11.8 Å². The largest absolute Gasteiger partial charge is 0.371 e. The fourth-order valence-corrected chi connectivity index (χ4v) is 4.06. The monoisotopic (exact) mass is 378 g/mol. The Bertz CT molecular complexity index is 674. The van der Waals surface area contributed by atoms with E-state index in [1.165, 1.54) is 31.5 Å². The topological polar surface area (TPSA) is 38.8 Å². The number of rotatable bonds is 5. The number of nitrogens with one attached hydrogen (secondary N) is 1. The third-order valence-corrected chi connectivity index (χ3v) is 5.97. The molecule has 27 heavy (non-hydrogen) atoms. The first-order chi connectivity index (χ1) is 13.1. The van der Waals surface area contributed by atoms with Crippen LogP contribution in [0.5, 0.6) is 0 Å². The Balaban J connectivity index is 1.19. The number of nitrogens with zero attached hydrogens (tertiary/aromatic N) is 3. The quantitative estimate of drug-likeness (QED) is 0.856. The lowest BCUT2D eigenvalue weighted by Crippen LogP contribution is -2.52. The molecule has 1 N–H and O–H groups in total. The van der Waals surface area contributed by atoms with Gasteiger partial charge in [0.1, 0.15) is 0 Å². The number of carbonyl (C=O) groups excluding carboxylic acids is 1. The molecule has 2 amide bonds. The molecule has 3 fully saturated rings. The molecule has 2 saturated heterocycles. The predicted octanol–water partition coefficient (Wildman–Crippen LogP) is 2.53. The van der Waals surface area contributed by atoms with Crippen LogP contribution in [-0.4, -0.2) is 68.2 Å². The molecule has 2 heterocycles. The van der Waals surface area contributed by atoms with Crippen LogP contribution in [0.15, 0.2) is 18.2 Å². The van der Waals surface area contributed by atoms with Gasteiger partial charge >= 0.3 is 6.03 Å². The number of piperazine rings is 1. The second-order valence-electron chi connectivity index (χ2n) is 8.12. The van der Waals surface area contributed by atoms with E-state index in [1.54, 1.807) is 6.07 Å². The van der Waals surface area contributed by atoms with Crippen LogP contribution in [-0.2, 0) is 0 Å². The van der Waals surface area contributed by atoms with Gasteiger partial charge in [-0.1, -0.05) is 0 Å². The Hall–Kier alpha value is -1.89. The smallest absolute Gasteiger partial charge is 0.317 e. The van der Waals surface area contributed by atoms with E-state index in [0.29, 0.717) is 18.2 Å². The Morgan fingerprint density at radius 1 is 1.00 bits per heavy atom. The van der Waals surface area contributed by atoms with E-state index in [0.717, 1.165) is 51.6 Å². The number of anilines is 1. The number of benzene rings is 1. The van der Waals surface area contributed by atoms with Crippen molar-refractivity contribution in [2.45, 2.75) is 19.3 Å². The van der Waals surface area contributed by atoms with Crippen molar-refractivity contribution < 1.29 is 13.6 Å². The molecule has 2 aliphatic heterocycles. The van der Waals surface area contributed by atoms with Crippen molar-refractivity contribution >= 4 is 11.7 Å². The number of halogens is 2. The van der Waals surface area contributed by atoms with E-state index < -0.39 is 11.6 Å². The maximum Gasteiger partial charge on any atom is 0.317 e. The fraction of sp³-hybridized carbons (Fsp3) is 0.650. The second-order valence-corrected chi connectivity index (χ2v) is 8.12. The summed E-state index contributed by atoms with van der Waals surface area (Å²) in [7, 11) is 0. The van der Waals surface area contributed by atoms with Crippen LogP contribution >= 0.6 is 0 Å². The molecule has 1 aliphatic carbocycles. The minimum Gasteiger partial charge on any atom is -0.371 e. The summed E-state index contributed by atoms with van der Waals surface area (Å²) >= 11 is 0. The van der Waals surface area contributed by atoms with E-state index in [1.807, 2.05) is 4.90 Å². The normalized spacial score (nSPS) is 23.7. The van der Waals surface area contributed by atoms with E-state index in [9.17, 15) is 13.6 Å². The van der Waals surface area contributed by atoms with Gasteiger partial charge in [-0.2, -0.15) is 0 Å². The molecule has 0 spiro atoms. The third-order valence-electron chi connectivity index (χ3n) is 5.97. The van der Waals surface area contributed by atoms with Crippen LogP contribution in [0.25, 0.3) is 0 Å². The molecule has 1 atom stereocenters. The zero-order valence-electron chi connectivity index (χ0n) is 15.7. The molecule has 0 radical (unpaired) electrons. The lowest BCUT2D eigenvalue weighted by Gasteiger charge is -2.35. The molecular formula is C20H28F2N4O. The van der Waals surface area contributed by atoms with E-state index >= 15 is 0 Å². The SMILES string of the molecule is O=C(NC[C@@H]1CCN(c2ccc(F)c(F)c2)C1)N1CCN(CC2CC2)CC1. The summed E-state index contributed by atoms with van der Waals surface area (Å²) < 4.78 is 26.5. The van der Waals surface area contributed by atoms with Gasteiger partial charge < -0.3 is 15.1 Å². The highest BCUT2D eigenvalue weighted by molar-refractivity contribution is 5.74. The number of urea groups is 1. The van der Waals surface area contributed by atoms with Crippen molar-refractivity contribution in [2.75, 3.05) is 57.3 Å². The van der Waals surface area contributed by atoms with E-state index in [2.05, 4.69) is 15.1 Å². The molecule has 4 rings (SSSR count). The molecular weight excluding hydrogens is 350 g/mol. The number of hydrogen-bond donors (Lipinski definition) is 1. The Morgan fingerprint density at radius 3 is 2.48 bits per heavy atom. The van der Waals surface area contributed by atoms with E-state index in [4.69, 9.17) is 0 Å². The Morgan fingerprint density at radius 2 is 1.78 bits per heavy atom. The van der Waals surface area contributed by atoms with Crippen LogP contribution in [0.4, 0.5) is 19.3 Å². The van der Waals surface area contributed by atoms with Gasteiger partial charge in [-0.3, -0.25) is 4.90 Å². The van der Waals surface area contributed by atoms with Crippen molar-refractivity contribution in [1.82, 2.24) is 15.1 Å². The fourth-order valence-electron chi connectivity index (χ4n) is 4.06. The first-order valence-corrected chi connectivity index (χ1v) is 10.0. The maximum absolute atomic E-state index is 13.4. The van der Waals surface area contributed by atoms with Gasteiger partial charge in [-0.15, -0.1) is 0 Å². The van der Waals surface area contributed by atoms with Gasteiger partial charge in [-0.25, -0.2) is 13.6 Å². The van der Waals surface area contributed by atoms with Gasteiger partial charge in [0.15, 0.2) is 11.6 Å². The van der Waals surface area contributed by atoms with Gasteiger partial charge in [0.2, 0.25) is 0 Å². The second kappa shape index (κ2) is 8.00. The van der Waals surface area contributed by atoms with Gasteiger partial charge in [0, 0.05) is 64.1 Å². The van der Waals surface area contributed by atoms with Gasteiger partial charge in [0.25, 0.3) is 0 Å². The number of carbonyl (C=O) groups is 1. The zero-order chi connectivity index (χ0) is 18.8. The maximum atomic E-state index is 13.4. The summed E-state index contributed by atoms with van der Waals surface area (Å²) in [4.78, 5) is 18.9. The molecule has 1 aromatic rings. The molecule has 0 bridgehead atoms. The Kier molecular flexibility index (Phi) is 5.48. The average molecular weight is 378 g/mol. The lowest BCUT2D eigenvalue weighted by molar-refractivity contribution is 0.135. The molecule has 3 aliphatic rings. The van der Waals surface area contributed by atoms with Crippen LogP contribution in [0, 0.1) is 23.5 Å². The lowest BCUT2D eigenvalue weighted by atomic mass is 10.1. The molecule has 0 unspecified atom stereocenters. The average Bonchev–Trinajstić information content (AvgIpc) is 3.36. The first kappa shape index (κ1) is 18.5. The standard InChI is InChI=1S/C20H28F2N4O/c21-18-4-3-17(11-19(18)22)26-6-5-16(14-26)12-23-20(27)25-9-7-24(8-10-25)13-15-1-2-15/h3-4,11,15-16H,1-2,5-10,12-14H2,(H,23,27)/t16-/m0/s1. The van der Waals surface area contributed by atoms with Crippen LogP contribution in [0.1, 0.15) is 19.3 Å². The zero-order valence-corrected chi connectivity index (χ0v) is 15.7. The molecule has 1 saturated carbocycles. The van der Waals surface area contributed by atoms with Gasteiger partial charge in [0.05, 0.1) is 0 Å². The highest BCUT2D eigenvalue weighted by Gasteiger charge is 2.28. The van der Waals surface area contributed by atoms with E-state index in [-0.39, 0.29) is 6.03 Å². The summed E-state index contributed by atoms with van der Waals surface area (Å²) in [5, 5.41) is 3.06. The molecule has 0 aromatic heterocycles. The predicted molar refractivity (Wildman–Crippen MR) is 101 cm³/mol. The minimum absolute atomic E-state index is 0.0207.